The number of nitrogens with zero attached hydrogens (tertiary/aromatic N) is 2. The molecule has 11 heteroatoms. The number of benzene rings is 1. The second-order valence-electron chi connectivity index (χ2n) is 6.12. The highest BCUT2D eigenvalue weighted by molar-refractivity contribution is 8.18. The molecule has 0 saturated carbocycles. The highest BCUT2D eigenvalue weighted by Gasteiger charge is 2.31. The number of hydrogen-bond acceptors (Lipinski definition) is 6. The Balaban J connectivity index is 1.53. The van der Waals surface area contributed by atoms with E-state index in [1.165, 1.54) is 30.7 Å². The molecule has 3 heterocycles. The van der Waals surface area contributed by atoms with Crippen molar-refractivity contribution in [3.8, 4) is 11.3 Å². The van der Waals surface area contributed by atoms with Gasteiger partial charge in [-0.25, -0.2) is 0 Å². The smallest absolute Gasteiger partial charge is 0.416 e. The van der Waals surface area contributed by atoms with E-state index in [4.69, 9.17) is 20.4 Å². The zero-order valence-electron chi connectivity index (χ0n) is 15.3. The zero-order valence-corrected chi connectivity index (χ0v) is 16.9. The number of amides is 1. The maximum absolute atomic E-state index is 13.0. The number of thioether (sulfide) groups is 1. The molecule has 3 aromatic rings. The summed E-state index contributed by atoms with van der Waals surface area (Å²) in [7, 11) is 0. The van der Waals surface area contributed by atoms with Crippen molar-refractivity contribution < 1.29 is 26.8 Å². The summed E-state index contributed by atoms with van der Waals surface area (Å²) in [6, 6.07) is 9.37. The summed E-state index contributed by atoms with van der Waals surface area (Å²) >= 11 is 7.08. The Morgan fingerprint density at radius 3 is 2.71 bits per heavy atom. The summed E-state index contributed by atoms with van der Waals surface area (Å²) in [5.74, 6) is 0.502. The van der Waals surface area contributed by atoms with E-state index >= 15 is 0 Å². The van der Waals surface area contributed by atoms with Crippen molar-refractivity contribution in [1.82, 2.24) is 5.32 Å². The first-order chi connectivity index (χ1) is 14.8. The Hall–Kier alpha value is -3.24. The molecule has 1 amide bonds. The van der Waals surface area contributed by atoms with E-state index in [2.05, 4.69) is 15.5 Å². The molecular formula is C20H11ClF3N3O3S. The van der Waals surface area contributed by atoms with Crippen LogP contribution in [0.25, 0.3) is 17.4 Å². The van der Waals surface area contributed by atoms with E-state index in [1.54, 1.807) is 12.1 Å². The molecule has 0 atom stereocenters. The fraction of sp³-hybridized carbons (Fsp3) is 0.0500. The minimum absolute atomic E-state index is 0.0965. The summed E-state index contributed by atoms with van der Waals surface area (Å²) in [5, 5.41) is 10.6. The summed E-state index contributed by atoms with van der Waals surface area (Å²) < 4.78 is 49.6. The van der Waals surface area contributed by atoms with Crippen molar-refractivity contribution in [3.63, 3.8) is 0 Å². The van der Waals surface area contributed by atoms with Crippen molar-refractivity contribution in [2.45, 2.75) is 6.18 Å². The Kier molecular flexibility index (Phi) is 5.75. The van der Waals surface area contributed by atoms with Crippen LogP contribution in [0, 0.1) is 0 Å². The van der Waals surface area contributed by atoms with Crippen LogP contribution < -0.4 is 5.32 Å². The molecule has 1 aliphatic rings. The number of rotatable bonds is 4. The minimum Gasteiger partial charge on any atom is -0.463 e. The van der Waals surface area contributed by atoms with Gasteiger partial charge in [0.15, 0.2) is 5.17 Å². The van der Waals surface area contributed by atoms with Crippen LogP contribution in [0.5, 0.6) is 0 Å². The number of furan rings is 2. The molecule has 0 radical (unpaired) electrons. The third-order valence-corrected chi connectivity index (χ3v) is 5.22. The molecule has 1 N–H and O–H groups in total. The molecular weight excluding hydrogens is 455 g/mol. The van der Waals surface area contributed by atoms with Crippen LogP contribution in [-0.4, -0.2) is 17.3 Å². The van der Waals surface area contributed by atoms with E-state index in [0.717, 1.165) is 30.0 Å². The lowest BCUT2D eigenvalue weighted by atomic mass is 10.1. The molecule has 1 aliphatic heterocycles. The van der Waals surface area contributed by atoms with E-state index in [0.29, 0.717) is 5.76 Å². The van der Waals surface area contributed by atoms with Crippen LogP contribution >= 0.6 is 23.4 Å². The van der Waals surface area contributed by atoms with Crippen LogP contribution in [-0.2, 0) is 11.0 Å². The number of hydrogen-bond donors (Lipinski definition) is 1. The molecule has 0 aliphatic carbocycles. The Labute approximate surface area is 182 Å². The summed E-state index contributed by atoms with van der Waals surface area (Å²) in [6.45, 7) is 0. The number of carbonyl (C=O) groups is 1. The third kappa shape index (κ3) is 4.92. The first-order valence-corrected chi connectivity index (χ1v) is 9.81. The van der Waals surface area contributed by atoms with Crippen LogP contribution in [0.1, 0.15) is 17.1 Å². The van der Waals surface area contributed by atoms with Gasteiger partial charge in [0.2, 0.25) is 0 Å². The van der Waals surface area contributed by atoms with Crippen molar-refractivity contribution in [2.75, 3.05) is 0 Å². The first kappa shape index (κ1) is 21.0. The fourth-order valence-electron chi connectivity index (χ4n) is 2.57. The number of amidine groups is 1. The summed E-state index contributed by atoms with van der Waals surface area (Å²) in [6.07, 6.45) is -0.182. The molecule has 0 spiro atoms. The zero-order chi connectivity index (χ0) is 22.0. The van der Waals surface area contributed by atoms with Crippen molar-refractivity contribution in [3.05, 3.63) is 75.7 Å². The van der Waals surface area contributed by atoms with Crippen LogP contribution in [0.15, 0.2) is 72.7 Å². The average Bonchev–Trinajstić information content (AvgIpc) is 3.45. The van der Waals surface area contributed by atoms with Gasteiger partial charge in [0, 0.05) is 11.6 Å². The molecule has 1 aromatic carbocycles. The van der Waals surface area contributed by atoms with Gasteiger partial charge in [-0.1, -0.05) is 11.6 Å². The van der Waals surface area contributed by atoms with Crippen molar-refractivity contribution >= 4 is 46.7 Å². The standard InChI is InChI=1S/C20H11ClF3N3O3S/c21-15-5-3-11(20(22,23)24)8-14(15)16-6-4-12(30-16)9-17-18(28)26-19(31-17)27-25-10-13-2-1-7-29-13/h1-10H,(H,26,27,28)/b17-9+,25-10+. The Bertz CT molecular complexity index is 1210. The molecule has 158 valence electrons. The number of alkyl halides is 3. The molecule has 2 aromatic heterocycles. The van der Waals surface area contributed by atoms with Gasteiger partial charge >= 0.3 is 6.18 Å². The summed E-state index contributed by atoms with van der Waals surface area (Å²) in [5.41, 5.74) is -0.746. The van der Waals surface area contributed by atoms with E-state index in [9.17, 15) is 18.0 Å². The molecule has 0 bridgehead atoms. The van der Waals surface area contributed by atoms with Crippen LogP contribution in [0.3, 0.4) is 0 Å². The van der Waals surface area contributed by atoms with Gasteiger partial charge in [0.1, 0.15) is 17.3 Å². The van der Waals surface area contributed by atoms with Gasteiger partial charge < -0.3 is 8.83 Å². The van der Waals surface area contributed by atoms with E-state index < -0.39 is 17.6 Å². The lowest BCUT2D eigenvalue weighted by Gasteiger charge is -2.09. The first-order valence-electron chi connectivity index (χ1n) is 8.62. The molecule has 6 nitrogen and oxygen atoms in total. The SMILES string of the molecule is O=C1N/C(=N\N=C\c2ccco2)S/C1=C/c1ccc(-c2cc(C(F)(F)F)ccc2Cl)o1. The molecule has 1 saturated heterocycles. The minimum atomic E-state index is -4.51. The predicted octanol–water partition coefficient (Wildman–Crippen LogP) is 5.81. The van der Waals surface area contributed by atoms with Gasteiger partial charge in [0.25, 0.3) is 5.91 Å². The van der Waals surface area contributed by atoms with Gasteiger partial charge in [-0.2, -0.15) is 18.3 Å². The number of carbonyl (C=O) groups excluding carboxylic acids is 1. The van der Waals surface area contributed by atoms with Gasteiger partial charge in [-0.15, -0.1) is 5.10 Å². The largest absolute Gasteiger partial charge is 0.463 e. The predicted molar refractivity (Wildman–Crippen MR) is 112 cm³/mol. The molecule has 0 unspecified atom stereocenters. The van der Waals surface area contributed by atoms with Crippen molar-refractivity contribution in [1.29, 1.82) is 0 Å². The topological polar surface area (TPSA) is 80.1 Å². The second-order valence-corrected chi connectivity index (χ2v) is 7.56. The fourth-order valence-corrected chi connectivity index (χ4v) is 3.54. The number of nitrogens with one attached hydrogen (secondary N) is 1. The average molecular weight is 466 g/mol. The highest BCUT2D eigenvalue weighted by Crippen LogP contribution is 2.37. The lowest BCUT2D eigenvalue weighted by Crippen LogP contribution is -2.19. The molecule has 4 rings (SSSR count). The second kappa shape index (κ2) is 8.48. The maximum Gasteiger partial charge on any atom is 0.416 e. The third-order valence-electron chi connectivity index (χ3n) is 3.99. The number of halogens is 4. The van der Waals surface area contributed by atoms with Gasteiger partial charge in [-0.3, -0.25) is 10.1 Å². The van der Waals surface area contributed by atoms with Crippen LogP contribution in [0.2, 0.25) is 5.02 Å². The normalized spacial score (nSPS) is 17.2. The monoisotopic (exact) mass is 465 g/mol. The molecule has 1 fully saturated rings. The lowest BCUT2D eigenvalue weighted by molar-refractivity contribution is -0.137. The summed E-state index contributed by atoms with van der Waals surface area (Å²) in [4.78, 5) is 12.4. The molecule has 31 heavy (non-hydrogen) atoms. The maximum atomic E-state index is 13.0. The van der Waals surface area contributed by atoms with Crippen molar-refractivity contribution in [2.24, 2.45) is 10.2 Å². The Morgan fingerprint density at radius 2 is 1.97 bits per heavy atom. The van der Waals surface area contributed by atoms with E-state index in [-0.39, 0.29) is 32.2 Å². The quantitative estimate of drug-likeness (QED) is 0.300. The highest BCUT2D eigenvalue weighted by atomic mass is 35.5. The Morgan fingerprint density at radius 1 is 1.13 bits per heavy atom. The van der Waals surface area contributed by atoms with Gasteiger partial charge in [-0.05, 0) is 54.2 Å². The van der Waals surface area contributed by atoms with Crippen LogP contribution in [0.4, 0.5) is 13.2 Å². The van der Waals surface area contributed by atoms with E-state index in [1.807, 2.05) is 0 Å². The van der Waals surface area contributed by atoms with Gasteiger partial charge in [0.05, 0.1) is 28.0 Å².